The van der Waals surface area contributed by atoms with E-state index in [1.807, 2.05) is 18.2 Å². The average molecular weight is 229 g/mol. The van der Waals surface area contributed by atoms with Crippen LogP contribution < -0.4 is 5.32 Å². The molecule has 1 aliphatic rings. The number of rotatable bonds is 2. The molecule has 2 atom stereocenters. The van der Waals surface area contributed by atoms with Crippen LogP contribution in [0.15, 0.2) is 47.3 Å². The monoisotopic (exact) mass is 229 g/mol. The molecule has 0 amide bonds. The van der Waals surface area contributed by atoms with E-state index in [0.717, 1.165) is 18.5 Å². The van der Waals surface area contributed by atoms with Gasteiger partial charge in [-0.25, -0.2) is 0 Å². The van der Waals surface area contributed by atoms with Gasteiger partial charge in [0, 0.05) is 5.56 Å². The van der Waals surface area contributed by atoms with E-state index >= 15 is 0 Å². The smallest absolute Gasteiger partial charge is 0.102 e. The standard InChI is InChI=1S/C14H15NO2/c16-14(11-6-8-17-9-11)13-12-4-2-1-3-10(12)5-7-15-13/h1-4,6,8-9,13-16H,5,7H2. The predicted molar refractivity (Wildman–Crippen MR) is 64.6 cm³/mol. The number of furan rings is 1. The van der Waals surface area contributed by atoms with E-state index in [1.165, 1.54) is 11.1 Å². The van der Waals surface area contributed by atoms with Crippen molar-refractivity contribution in [2.24, 2.45) is 0 Å². The Hall–Kier alpha value is -1.58. The van der Waals surface area contributed by atoms with Crippen LogP contribution in [0.4, 0.5) is 0 Å². The van der Waals surface area contributed by atoms with Gasteiger partial charge in [-0.05, 0) is 30.2 Å². The highest BCUT2D eigenvalue weighted by Crippen LogP contribution is 2.33. The molecule has 0 saturated carbocycles. The number of nitrogens with one attached hydrogen (secondary N) is 1. The zero-order chi connectivity index (χ0) is 11.7. The fourth-order valence-electron chi connectivity index (χ4n) is 2.46. The van der Waals surface area contributed by atoms with Crippen LogP contribution in [-0.4, -0.2) is 11.7 Å². The molecule has 0 fully saturated rings. The van der Waals surface area contributed by atoms with Crippen LogP contribution in [-0.2, 0) is 6.42 Å². The summed E-state index contributed by atoms with van der Waals surface area (Å²) in [4.78, 5) is 0. The normalized spacial score (nSPS) is 20.9. The van der Waals surface area contributed by atoms with E-state index in [-0.39, 0.29) is 6.04 Å². The molecular weight excluding hydrogens is 214 g/mol. The van der Waals surface area contributed by atoms with Crippen LogP contribution in [0.5, 0.6) is 0 Å². The van der Waals surface area contributed by atoms with Crippen LogP contribution in [0, 0.1) is 0 Å². The summed E-state index contributed by atoms with van der Waals surface area (Å²) in [7, 11) is 0. The van der Waals surface area contributed by atoms with Crippen LogP contribution in [0.3, 0.4) is 0 Å². The van der Waals surface area contributed by atoms with Crippen LogP contribution in [0.25, 0.3) is 0 Å². The minimum atomic E-state index is -0.560. The Balaban J connectivity index is 1.95. The molecule has 0 bridgehead atoms. The average Bonchev–Trinajstić information content (AvgIpc) is 2.91. The molecule has 3 nitrogen and oxygen atoms in total. The number of aliphatic hydroxyl groups is 1. The van der Waals surface area contributed by atoms with Crippen molar-refractivity contribution in [1.82, 2.24) is 5.32 Å². The van der Waals surface area contributed by atoms with Gasteiger partial charge in [-0.15, -0.1) is 0 Å². The number of hydrogen-bond acceptors (Lipinski definition) is 3. The lowest BCUT2D eigenvalue weighted by Gasteiger charge is -2.30. The van der Waals surface area contributed by atoms with E-state index in [2.05, 4.69) is 17.4 Å². The molecular formula is C14H15NO2. The van der Waals surface area contributed by atoms with Crippen molar-refractivity contribution in [2.75, 3.05) is 6.54 Å². The van der Waals surface area contributed by atoms with Crippen molar-refractivity contribution < 1.29 is 9.52 Å². The highest BCUT2D eigenvalue weighted by molar-refractivity contribution is 5.34. The van der Waals surface area contributed by atoms with Gasteiger partial charge in [0.1, 0.15) is 6.10 Å². The molecule has 2 N–H and O–H groups in total. The third-order valence-corrected chi connectivity index (χ3v) is 3.35. The topological polar surface area (TPSA) is 45.4 Å². The number of hydrogen-bond donors (Lipinski definition) is 2. The second-order valence-corrected chi connectivity index (χ2v) is 4.38. The first-order chi connectivity index (χ1) is 8.36. The summed E-state index contributed by atoms with van der Waals surface area (Å²) in [5, 5.41) is 13.7. The van der Waals surface area contributed by atoms with Crippen molar-refractivity contribution in [2.45, 2.75) is 18.6 Å². The van der Waals surface area contributed by atoms with Gasteiger partial charge in [-0.3, -0.25) is 0 Å². The van der Waals surface area contributed by atoms with Crippen molar-refractivity contribution in [3.63, 3.8) is 0 Å². The maximum Gasteiger partial charge on any atom is 0.102 e. The van der Waals surface area contributed by atoms with Gasteiger partial charge in [0.15, 0.2) is 0 Å². The van der Waals surface area contributed by atoms with Gasteiger partial charge < -0.3 is 14.8 Å². The number of fused-ring (bicyclic) bond motifs is 1. The van der Waals surface area contributed by atoms with Crippen molar-refractivity contribution in [1.29, 1.82) is 0 Å². The fraction of sp³-hybridized carbons (Fsp3) is 0.286. The molecule has 0 saturated heterocycles. The summed E-state index contributed by atoms with van der Waals surface area (Å²) < 4.78 is 5.03. The predicted octanol–water partition coefficient (Wildman–Crippen LogP) is 2.20. The van der Waals surface area contributed by atoms with E-state index in [4.69, 9.17) is 4.42 Å². The van der Waals surface area contributed by atoms with Gasteiger partial charge in [0.2, 0.25) is 0 Å². The Morgan fingerprint density at radius 1 is 1.29 bits per heavy atom. The first kappa shape index (κ1) is 10.6. The van der Waals surface area contributed by atoms with Gasteiger partial charge in [-0.2, -0.15) is 0 Å². The largest absolute Gasteiger partial charge is 0.472 e. The van der Waals surface area contributed by atoms with Gasteiger partial charge in [0.25, 0.3) is 0 Å². The lowest BCUT2D eigenvalue weighted by atomic mass is 9.89. The fourth-order valence-corrected chi connectivity index (χ4v) is 2.46. The quantitative estimate of drug-likeness (QED) is 0.829. The molecule has 2 heterocycles. The Kier molecular flexibility index (Phi) is 2.71. The minimum absolute atomic E-state index is 0.0439. The molecule has 2 unspecified atom stereocenters. The summed E-state index contributed by atoms with van der Waals surface area (Å²) >= 11 is 0. The first-order valence-corrected chi connectivity index (χ1v) is 5.87. The molecule has 1 aromatic carbocycles. The Labute approximate surface area is 100 Å². The van der Waals surface area contributed by atoms with E-state index < -0.39 is 6.10 Å². The second-order valence-electron chi connectivity index (χ2n) is 4.38. The van der Waals surface area contributed by atoms with Gasteiger partial charge in [0.05, 0.1) is 18.6 Å². The molecule has 0 radical (unpaired) electrons. The maximum atomic E-state index is 10.4. The molecule has 3 heteroatoms. The Morgan fingerprint density at radius 2 is 2.18 bits per heavy atom. The molecule has 0 aliphatic carbocycles. The molecule has 3 rings (SSSR count). The summed E-state index contributed by atoms with van der Waals surface area (Å²) in [5.41, 5.74) is 3.32. The lowest BCUT2D eigenvalue weighted by Crippen LogP contribution is -2.33. The summed E-state index contributed by atoms with van der Waals surface area (Å²) in [6.45, 7) is 0.899. The summed E-state index contributed by atoms with van der Waals surface area (Å²) in [6.07, 6.45) is 3.65. The van der Waals surface area contributed by atoms with E-state index in [0.29, 0.717) is 0 Å². The zero-order valence-electron chi connectivity index (χ0n) is 9.47. The van der Waals surface area contributed by atoms with Crippen LogP contribution >= 0.6 is 0 Å². The minimum Gasteiger partial charge on any atom is -0.472 e. The van der Waals surface area contributed by atoms with Gasteiger partial charge >= 0.3 is 0 Å². The van der Waals surface area contributed by atoms with Crippen molar-refractivity contribution in [3.8, 4) is 0 Å². The van der Waals surface area contributed by atoms with E-state index in [1.54, 1.807) is 12.5 Å². The van der Waals surface area contributed by atoms with E-state index in [9.17, 15) is 5.11 Å². The number of benzene rings is 1. The molecule has 0 spiro atoms. The highest BCUT2D eigenvalue weighted by atomic mass is 16.3. The second kappa shape index (κ2) is 4.35. The first-order valence-electron chi connectivity index (χ1n) is 5.87. The van der Waals surface area contributed by atoms with Gasteiger partial charge in [-0.1, -0.05) is 24.3 Å². The SMILES string of the molecule is OC(c1ccoc1)C1NCCc2ccccc21. The third kappa shape index (κ3) is 1.88. The maximum absolute atomic E-state index is 10.4. The third-order valence-electron chi connectivity index (χ3n) is 3.35. The van der Waals surface area contributed by atoms with Crippen LogP contribution in [0.2, 0.25) is 0 Å². The molecule has 1 aliphatic heterocycles. The number of aliphatic hydroxyl groups excluding tert-OH is 1. The zero-order valence-corrected chi connectivity index (χ0v) is 9.47. The summed E-state index contributed by atoms with van der Waals surface area (Å²) in [6, 6.07) is 10.0. The molecule has 1 aromatic heterocycles. The highest BCUT2D eigenvalue weighted by Gasteiger charge is 2.27. The Bertz CT molecular complexity index is 493. The van der Waals surface area contributed by atoms with Crippen molar-refractivity contribution in [3.05, 3.63) is 59.5 Å². The van der Waals surface area contributed by atoms with Crippen LogP contribution in [0.1, 0.15) is 28.8 Å². The molecule has 88 valence electrons. The Morgan fingerprint density at radius 3 is 3.00 bits per heavy atom. The summed E-state index contributed by atoms with van der Waals surface area (Å²) in [5.74, 6) is 0. The molecule has 2 aromatic rings. The lowest BCUT2D eigenvalue weighted by molar-refractivity contribution is 0.125. The molecule has 17 heavy (non-hydrogen) atoms. The van der Waals surface area contributed by atoms with Crippen molar-refractivity contribution >= 4 is 0 Å².